The van der Waals surface area contributed by atoms with Crippen LogP contribution in [0.4, 0.5) is 5.69 Å². The first-order chi connectivity index (χ1) is 15.5. The summed E-state index contributed by atoms with van der Waals surface area (Å²) in [5.74, 6) is -0.301. The smallest absolute Gasteiger partial charge is 0.259 e. The van der Waals surface area contributed by atoms with Gasteiger partial charge in [0.15, 0.2) is 0 Å². The molecule has 1 atom stereocenters. The SMILES string of the molecule is O=C(c1ccc2c(c1)N(Cc1ccc(Cl)cc1)C(=O)c1ccccc1[S@]2=O)N1CCCC1. The fourth-order valence-corrected chi connectivity index (χ4v) is 5.70. The van der Waals surface area contributed by atoms with Crippen LogP contribution in [0.3, 0.4) is 0 Å². The van der Waals surface area contributed by atoms with E-state index in [0.717, 1.165) is 31.5 Å². The van der Waals surface area contributed by atoms with Crippen molar-refractivity contribution in [3.63, 3.8) is 0 Å². The maximum absolute atomic E-state index is 13.6. The number of fused-ring (bicyclic) bond motifs is 2. The Morgan fingerprint density at radius 2 is 1.66 bits per heavy atom. The van der Waals surface area contributed by atoms with Crippen LogP contribution in [0.25, 0.3) is 0 Å². The Balaban J connectivity index is 1.64. The fraction of sp³-hybridized carbons (Fsp3) is 0.200. The molecule has 3 aromatic rings. The zero-order valence-corrected chi connectivity index (χ0v) is 18.9. The van der Waals surface area contributed by atoms with Gasteiger partial charge in [0.25, 0.3) is 11.8 Å². The standard InChI is InChI=1S/C25H21ClN2O3S/c26-19-10-7-17(8-11-19)16-28-21-15-18(24(29)27-13-3-4-14-27)9-12-23(21)32(31)22-6-2-1-5-20(22)25(28)30/h1-2,5-12,15H,3-4,13-14,16H2/t32-/m1/s1. The van der Waals surface area contributed by atoms with Crippen molar-refractivity contribution in [1.82, 2.24) is 4.90 Å². The van der Waals surface area contributed by atoms with E-state index in [4.69, 9.17) is 11.6 Å². The Morgan fingerprint density at radius 3 is 2.41 bits per heavy atom. The zero-order chi connectivity index (χ0) is 22.2. The van der Waals surface area contributed by atoms with Gasteiger partial charge in [-0.2, -0.15) is 0 Å². The Labute approximate surface area is 194 Å². The molecule has 162 valence electrons. The van der Waals surface area contributed by atoms with Gasteiger partial charge in [-0.15, -0.1) is 0 Å². The van der Waals surface area contributed by atoms with Crippen LogP contribution in [0.2, 0.25) is 5.02 Å². The molecule has 2 aliphatic rings. The number of amides is 2. The van der Waals surface area contributed by atoms with E-state index in [0.29, 0.717) is 31.6 Å². The molecule has 0 N–H and O–H groups in total. The third-order valence-electron chi connectivity index (χ3n) is 5.91. The molecule has 0 aromatic heterocycles. The largest absolute Gasteiger partial charge is 0.339 e. The van der Waals surface area contributed by atoms with E-state index >= 15 is 0 Å². The van der Waals surface area contributed by atoms with Crippen molar-refractivity contribution in [2.75, 3.05) is 18.0 Å². The first-order valence-corrected chi connectivity index (χ1v) is 12.1. The fourth-order valence-electron chi connectivity index (χ4n) is 4.23. The molecule has 2 amide bonds. The number of likely N-dealkylation sites (tertiary alicyclic amines) is 1. The van der Waals surface area contributed by atoms with E-state index in [1.54, 1.807) is 59.5 Å². The molecule has 3 aromatic carbocycles. The van der Waals surface area contributed by atoms with Crippen molar-refractivity contribution in [3.05, 3.63) is 88.4 Å². The van der Waals surface area contributed by atoms with Crippen LogP contribution < -0.4 is 4.90 Å². The quantitative estimate of drug-likeness (QED) is 0.553. The summed E-state index contributed by atoms with van der Waals surface area (Å²) in [6, 6.07) is 19.4. The average molecular weight is 465 g/mol. The highest BCUT2D eigenvalue weighted by Crippen LogP contribution is 2.36. The van der Waals surface area contributed by atoms with Crippen LogP contribution in [0, 0.1) is 0 Å². The summed E-state index contributed by atoms with van der Waals surface area (Å²) in [6.45, 7) is 1.75. The van der Waals surface area contributed by atoms with Gasteiger partial charge >= 0.3 is 0 Å². The minimum absolute atomic E-state index is 0.0586. The number of nitrogens with zero attached hydrogens (tertiary/aromatic N) is 2. The van der Waals surface area contributed by atoms with Crippen LogP contribution in [0.15, 0.2) is 76.5 Å². The molecule has 0 spiro atoms. The van der Waals surface area contributed by atoms with E-state index in [1.807, 2.05) is 17.0 Å². The zero-order valence-electron chi connectivity index (χ0n) is 17.3. The van der Waals surface area contributed by atoms with E-state index in [9.17, 15) is 13.8 Å². The molecule has 0 saturated carbocycles. The highest BCUT2D eigenvalue weighted by atomic mass is 35.5. The molecule has 0 unspecified atom stereocenters. The molecule has 7 heteroatoms. The summed E-state index contributed by atoms with van der Waals surface area (Å²) in [4.78, 5) is 31.1. The van der Waals surface area contributed by atoms with Crippen molar-refractivity contribution >= 4 is 39.9 Å². The molecule has 1 fully saturated rings. The topological polar surface area (TPSA) is 57.7 Å². The van der Waals surface area contributed by atoms with Gasteiger partial charge in [0.05, 0.1) is 38.4 Å². The number of carbonyl (C=O) groups excluding carboxylic acids is 2. The normalized spacial score (nSPS) is 17.7. The molecule has 1 saturated heterocycles. The van der Waals surface area contributed by atoms with Crippen molar-refractivity contribution in [3.8, 4) is 0 Å². The predicted molar refractivity (Wildman–Crippen MR) is 125 cm³/mol. The Hall–Kier alpha value is -2.96. The molecule has 5 nitrogen and oxygen atoms in total. The van der Waals surface area contributed by atoms with Crippen molar-refractivity contribution < 1.29 is 13.8 Å². The Morgan fingerprint density at radius 1 is 0.938 bits per heavy atom. The van der Waals surface area contributed by atoms with Gasteiger partial charge in [-0.05, 0) is 60.9 Å². The second kappa shape index (κ2) is 8.52. The van der Waals surface area contributed by atoms with Crippen molar-refractivity contribution in [2.45, 2.75) is 29.2 Å². The number of carbonyl (C=O) groups is 2. The van der Waals surface area contributed by atoms with Crippen molar-refractivity contribution in [2.24, 2.45) is 0 Å². The monoisotopic (exact) mass is 464 g/mol. The van der Waals surface area contributed by atoms with Gasteiger partial charge in [0.2, 0.25) is 0 Å². The lowest BCUT2D eigenvalue weighted by Gasteiger charge is -2.24. The summed E-state index contributed by atoms with van der Waals surface area (Å²) in [6.07, 6.45) is 1.99. The summed E-state index contributed by atoms with van der Waals surface area (Å²) < 4.78 is 13.5. The number of hydrogen-bond acceptors (Lipinski definition) is 3. The third kappa shape index (κ3) is 3.74. The number of halogens is 1. The summed E-state index contributed by atoms with van der Waals surface area (Å²) in [5, 5.41) is 0.612. The van der Waals surface area contributed by atoms with Gasteiger partial charge < -0.3 is 9.80 Å². The first kappa shape index (κ1) is 20.9. The van der Waals surface area contributed by atoms with Crippen LogP contribution in [0.1, 0.15) is 39.1 Å². The van der Waals surface area contributed by atoms with Gasteiger partial charge in [0, 0.05) is 23.7 Å². The third-order valence-corrected chi connectivity index (χ3v) is 7.66. The molecule has 0 aliphatic carbocycles. The summed E-state index contributed by atoms with van der Waals surface area (Å²) in [7, 11) is -1.54. The first-order valence-electron chi connectivity index (χ1n) is 10.5. The second-order valence-electron chi connectivity index (χ2n) is 7.96. The average Bonchev–Trinajstić information content (AvgIpc) is 3.35. The van der Waals surface area contributed by atoms with Gasteiger partial charge in [-0.25, -0.2) is 4.21 Å². The van der Waals surface area contributed by atoms with Gasteiger partial charge in [-0.3, -0.25) is 9.59 Å². The molecule has 0 radical (unpaired) electrons. The lowest BCUT2D eigenvalue weighted by Crippen LogP contribution is -2.31. The summed E-state index contributed by atoms with van der Waals surface area (Å²) >= 11 is 6.03. The molecule has 5 rings (SSSR count). The molecule has 2 aliphatic heterocycles. The molecule has 0 bridgehead atoms. The maximum Gasteiger partial charge on any atom is 0.259 e. The lowest BCUT2D eigenvalue weighted by atomic mass is 10.1. The van der Waals surface area contributed by atoms with Crippen LogP contribution in [0.5, 0.6) is 0 Å². The highest BCUT2D eigenvalue weighted by molar-refractivity contribution is 7.85. The maximum atomic E-state index is 13.6. The van der Waals surface area contributed by atoms with Crippen LogP contribution >= 0.6 is 11.6 Å². The molecule has 32 heavy (non-hydrogen) atoms. The lowest BCUT2D eigenvalue weighted by molar-refractivity contribution is 0.0792. The number of hydrogen-bond donors (Lipinski definition) is 0. The van der Waals surface area contributed by atoms with Crippen LogP contribution in [-0.4, -0.2) is 34.0 Å². The van der Waals surface area contributed by atoms with Crippen LogP contribution in [-0.2, 0) is 17.3 Å². The highest BCUT2D eigenvalue weighted by Gasteiger charge is 2.32. The Kier molecular flexibility index (Phi) is 5.57. The van der Waals surface area contributed by atoms with E-state index < -0.39 is 10.8 Å². The second-order valence-corrected chi connectivity index (χ2v) is 9.82. The minimum atomic E-state index is -1.54. The number of benzene rings is 3. The number of rotatable bonds is 3. The van der Waals surface area contributed by atoms with E-state index in [2.05, 4.69) is 0 Å². The molecular formula is C25H21ClN2O3S. The van der Waals surface area contributed by atoms with E-state index in [1.165, 1.54) is 0 Å². The Bertz CT molecular complexity index is 1240. The van der Waals surface area contributed by atoms with E-state index in [-0.39, 0.29) is 18.4 Å². The van der Waals surface area contributed by atoms with Gasteiger partial charge in [0.1, 0.15) is 0 Å². The minimum Gasteiger partial charge on any atom is -0.339 e. The summed E-state index contributed by atoms with van der Waals surface area (Å²) in [5.41, 5.74) is 2.30. The van der Waals surface area contributed by atoms with Crippen molar-refractivity contribution in [1.29, 1.82) is 0 Å². The van der Waals surface area contributed by atoms with Gasteiger partial charge in [-0.1, -0.05) is 35.9 Å². The predicted octanol–water partition coefficient (Wildman–Crippen LogP) is 4.90. The number of anilines is 1. The molecule has 2 heterocycles. The molecular weight excluding hydrogens is 444 g/mol.